The van der Waals surface area contributed by atoms with E-state index in [9.17, 15) is 19.7 Å². The monoisotopic (exact) mass is 450 g/mol. The molecule has 0 bridgehead atoms. The smallest absolute Gasteiger partial charge is 0.294 e. The van der Waals surface area contributed by atoms with Crippen molar-refractivity contribution in [1.82, 2.24) is 9.97 Å². The van der Waals surface area contributed by atoms with Gasteiger partial charge >= 0.3 is 0 Å². The highest BCUT2D eigenvalue weighted by Gasteiger charge is 2.50. The van der Waals surface area contributed by atoms with E-state index in [1.54, 1.807) is 30.6 Å². The van der Waals surface area contributed by atoms with Gasteiger partial charge in [-0.1, -0.05) is 6.92 Å². The second kappa shape index (κ2) is 8.42. The lowest BCUT2D eigenvalue weighted by molar-refractivity contribution is -0.384. The van der Waals surface area contributed by atoms with Crippen LogP contribution in [0.15, 0.2) is 36.7 Å². The molecule has 1 saturated carbocycles. The molecule has 3 aliphatic rings. The van der Waals surface area contributed by atoms with Crippen LogP contribution in [0.5, 0.6) is 0 Å². The highest BCUT2D eigenvalue weighted by atomic mass is 16.6. The number of benzene rings is 1. The topological polar surface area (TPSA) is 113 Å². The first kappa shape index (κ1) is 21.3. The predicted octanol–water partition coefficient (Wildman–Crippen LogP) is 2.64. The van der Waals surface area contributed by atoms with Crippen molar-refractivity contribution < 1.29 is 14.5 Å². The highest BCUT2D eigenvalue weighted by molar-refractivity contribution is 6.22. The Balaban J connectivity index is 1.38. The largest absolute Gasteiger partial charge is 0.362 e. The Kier molecular flexibility index (Phi) is 5.43. The third-order valence-electron chi connectivity index (χ3n) is 7.06. The Morgan fingerprint density at radius 2 is 1.64 bits per heavy atom. The van der Waals surface area contributed by atoms with E-state index in [0.717, 1.165) is 6.42 Å². The lowest BCUT2D eigenvalue weighted by Gasteiger charge is -2.35. The molecular weight excluding hydrogens is 424 g/mol. The van der Waals surface area contributed by atoms with Gasteiger partial charge in [-0.05, 0) is 43.4 Å². The van der Waals surface area contributed by atoms with Gasteiger partial charge in [-0.15, -0.1) is 0 Å². The number of fused-ring (bicyclic) bond motifs is 1. The van der Waals surface area contributed by atoms with Gasteiger partial charge < -0.3 is 9.80 Å². The van der Waals surface area contributed by atoms with E-state index in [-0.39, 0.29) is 29.3 Å². The van der Waals surface area contributed by atoms with Crippen molar-refractivity contribution in [1.29, 1.82) is 0 Å². The molecule has 10 heteroatoms. The van der Waals surface area contributed by atoms with E-state index < -0.39 is 4.92 Å². The second-order valence-electron chi connectivity index (χ2n) is 9.10. The van der Waals surface area contributed by atoms with Crippen molar-refractivity contribution in [2.75, 3.05) is 40.9 Å². The predicted molar refractivity (Wildman–Crippen MR) is 122 cm³/mol. The van der Waals surface area contributed by atoms with E-state index >= 15 is 0 Å². The van der Waals surface area contributed by atoms with Gasteiger partial charge in [0.1, 0.15) is 5.69 Å². The number of aromatic nitrogens is 2. The van der Waals surface area contributed by atoms with E-state index in [2.05, 4.69) is 16.9 Å². The van der Waals surface area contributed by atoms with Crippen molar-refractivity contribution in [2.45, 2.75) is 26.2 Å². The number of nitro benzene ring substituents is 1. The summed E-state index contributed by atoms with van der Waals surface area (Å²) in [6.07, 6.45) is 5.70. The van der Waals surface area contributed by atoms with E-state index in [4.69, 9.17) is 0 Å². The van der Waals surface area contributed by atoms with Gasteiger partial charge in [-0.2, -0.15) is 0 Å². The fourth-order valence-electron chi connectivity index (χ4n) is 5.31. The molecule has 2 aromatic rings. The molecular formula is C23H26N6O4. The minimum atomic E-state index is -0.439. The van der Waals surface area contributed by atoms with Crippen LogP contribution in [0.1, 0.15) is 26.2 Å². The summed E-state index contributed by atoms with van der Waals surface area (Å²) in [4.78, 5) is 51.3. The van der Waals surface area contributed by atoms with Crippen molar-refractivity contribution in [3.63, 3.8) is 0 Å². The van der Waals surface area contributed by atoms with Crippen LogP contribution < -0.4 is 14.7 Å². The quantitative estimate of drug-likeness (QED) is 0.397. The maximum atomic E-state index is 13.0. The van der Waals surface area contributed by atoms with Gasteiger partial charge in [-0.25, -0.2) is 14.9 Å². The first-order valence-electron chi connectivity index (χ1n) is 11.4. The summed E-state index contributed by atoms with van der Waals surface area (Å²) in [6, 6.07) is 6.45. The average Bonchev–Trinajstić information content (AvgIpc) is 3.08. The molecule has 1 aromatic heterocycles. The number of anilines is 3. The van der Waals surface area contributed by atoms with E-state index in [0.29, 0.717) is 62.3 Å². The number of piperazine rings is 1. The fourth-order valence-corrected chi connectivity index (χ4v) is 5.31. The van der Waals surface area contributed by atoms with Crippen LogP contribution in [0.4, 0.5) is 23.0 Å². The normalized spacial score (nSPS) is 25.4. The van der Waals surface area contributed by atoms with E-state index in [1.165, 1.54) is 11.0 Å². The number of imide groups is 1. The average molecular weight is 450 g/mol. The zero-order valence-corrected chi connectivity index (χ0v) is 18.5. The molecule has 0 N–H and O–H groups in total. The zero-order valence-electron chi connectivity index (χ0n) is 18.5. The van der Waals surface area contributed by atoms with Crippen molar-refractivity contribution in [3.8, 4) is 0 Å². The number of hydrogen-bond acceptors (Lipinski definition) is 8. The SMILES string of the molecule is C[C@@H]1CC[C@H]2C(=O)N(c3ccc(N4CCN(c5ncccn5)CC4)c([N+](=O)[O-])c3)C(=O)[C@H]2C1. The Labute approximate surface area is 191 Å². The van der Waals surface area contributed by atoms with E-state index in [1.807, 2.05) is 9.80 Å². The van der Waals surface area contributed by atoms with Crippen LogP contribution in [-0.2, 0) is 9.59 Å². The van der Waals surface area contributed by atoms with Gasteiger partial charge in [0.2, 0.25) is 17.8 Å². The summed E-state index contributed by atoms with van der Waals surface area (Å²) < 4.78 is 0. The van der Waals surface area contributed by atoms with Crippen LogP contribution in [0.25, 0.3) is 0 Å². The third kappa shape index (κ3) is 3.79. The molecule has 0 radical (unpaired) electrons. The Morgan fingerprint density at radius 3 is 2.33 bits per heavy atom. The molecule has 2 saturated heterocycles. The number of carbonyl (C=O) groups excluding carboxylic acids is 2. The van der Waals surface area contributed by atoms with Crippen LogP contribution in [-0.4, -0.2) is 52.9 Å². The molecule has 1 aliphatic carbocycles. The third-order valence-corrected chi connectivity index (χ3v) is 7.06. The zero-order chi connectivity index (χ0) is 23.1. The van der Waals surface area contributed by atoms with Crippen LogP contribution >= 0.6 is 0 Å². The summed E-state index contributed by atoms with van der Waals surface area (Å²) in [5.41, 5.74) is 0.682. The number of hydrogen-bond donors (Lipinski definition) is 0. The molecule has 0 unspecified atom stereocenters. The van der Waals surface area contributed by atoms with Crippen LogP contribution in [0.3, 0.4) is 0 Å². The minimum Gasteiger partial charge on any atom is -0.362 e. The number of nitrogens with zero attached hydrogens (tertiary/aromatic N) is 6. The van der Waals surface area contributed by atoms with Gasteiger partial charge in [0.25, 0.3) is 5.69 Å². The second-order valence-corrected chi connectivity index (χ2v) is 9.10. The Hall–Kier alpha value is -3.56. The summed E-state index contributed by atoms with van der Waals surface area (Å²) in [7, 11) is 0. The summed E-state index contributed by atoms with van der Waals surface area (Å²) >= 11 is 0. The molecule has 3 fully saturated rings. The van der Waals surface area contributed by atoms with Crippen molar-refractivity contribution in [3.05, 3.63) is 46.8 Å². The molecule has 172 valence electrons. The van der Waals surface area contributed by atoms with Gasteiger partial charge in [0.15, 0.2) is 0 Å². The number of rotatable bonds is 4. The molecule has 3 heterocycles. The summed E-state index contributed by atoms with van der Waals surface area (Å²) in [6.45, 7) is 4.51. The van der Waals surface area contributed by atoms with Crippen LogP contribution in [0, 0.1) is 27.9 Å². The van der Waals surface area contributed by atoms with Gasteiger partial charge in [0.05, 0.1) is 22.4 Å². The lowest BCUT2D eigenvalue weighted by Crippen LogP contribution is -2.47. The standard InChI is InChI=1S/C23H26N6O4/c1-15-3-5-17-18(13-15)22(31)28(21(17)30)16-4-6-19(20(14-16)29(32)33)26-9-11-27(12-10-26)23-24-7-2-8-25-23/h2,4,6-8,14-15,17-18H,3,5,9-13H2,1H3/t15-,17-,18+/m1/s1. The lowest BCUT2D eigenvalue weighted by atomic mass is 9.76. The van der Waals surface area contributed by atoms with Crippen molar-refractivity contribution >= 4 is 34.8 Å². The maximum Gasteiger partial charge on any atom is 0.294 e. The van der Waals surface area contributed by atoms with Gasteiger partial charge in [0, 0.05) is 44.6 Å². The number of nitro groups is 1. The molecule has 3 atom stereocenters. The summed E-state index contributed by atoms with van der Waals surface area (Å²) in [5, 5.41) is 11.9. The minimum absolute atomic E-state index is 0.0965. The molecule has 10 nitrogen and oxygen atoms in total. The molecule has 0 spiro atoms. The molecule has 33 heavy (non-hydrogen) atoms. The molecule has 2 amide bonds. The maximum absolute atomic E-state index is 13.0. The number of carbonyl (C=O) groups is 2. The number of amides is 2. The molecule has 1 aromatic carbocycles. The fraction of sp³-hybridized carbons (Fsp3) is 0.478. The first-order valence-corrected chi connectivity index (χ1v) is 11.4. The summed E-state index contributed by atoms with van der Waals surface area (Å²) in [5.74, 6) is -0.0251. The highest BCUT2D eigenvalue weighted by Crippen LogP contribution is 2.43. The van der Waals surface area contributed by atoms with Crippen LogP contribution in [0.2, 0.25) is 0 Å². The first-order chi connectivity index (χ1) is 15.9. The molecule has 2 aliphatic heterocycles. The Bertz CT molecular complexity index is 1090. The van der Waals surface area contributed by atoms with Gasteiger partial charge in [-0.3, -0.25) is 19.7 Å². The molecule has 5 rings (SSSR count). The Morgan fingerprint density at radius 1 is 0.970 bits per heavy atom. The van der Waals surface area contributed by atoms with Crippen molar-refractivity contribution in [2.24, 2.45) is 17.8 Å².